The van der Waals surface area contributed by atoms with Gasteiger partial charge < -0.3 is 10.4 Å². The average molecular weight is 266 g/mol. The van der Waals surface area contributed by atoms with Gasteiger partial charge in [0.25, 0.3) is 5.91 Å². The van der Waals surface area contributed by atoms with Crippen LogP contribution >= 0.6 is 11.8 Å². The number of amides is 1. The van der Waals surface area contributed by atoms with Crippen LogP contribution in [0.5, 0.6) is 0 Å². The standard InChI is InChI=1S/C12H14N2O3S/c15-11(14-9-3-5-18-6-4-9)8-1-2-10(12(16)17)13-7-8/h1-2,7,9H,3-6H2,(H,14,15)(H,16,17). The molecule has 2 N–H and O–H groups in total. The fourth-order valence-electron chi connectivity index (χ4n) is 1.77. The molecule has 1 aromatic heterocycles. The van der Waals surface area contributed by atoms with Crippen LogP contribution in [0.15, 0.2) is 18.3 Å². The molecule has 1 aromatic rings. The molecule has 1 amide bonds. The number of nitrogens with one attached hydrogen (secondary N) is 1. The Hall–Kier alpha value is -1.56. The van der Waals surface area contributed by atoms with Gasteiger partial charge in [0.15, 0.2) is 0 Å². The first kappa shape index (κ1) is 12.9. The van der Waals surface area contributed by atoms with Crippen molar-refractivity contribution in [3.05, 3.63) is 29.6 Å². The van der Waals surface area contributed by atoms with Gasteiger partial charge in [-0.25, -0.2) is 9.78 Å². The number of nitrogens with zero attached hydrogens (tertiary/aromatic N) is 1. The number of thioether (sulfide) groups is 1. The van der Waals surface area contributed by atoms with Gasteiger partial charge in [0.2, 0.25) is 0 Å². The van der Waals surface area contributed by atoms with Crippen LogP contribution in [0, 0.1) is 0 Å². The zero-order valence-electron chi connectivity index (χ0n) is 9.76. The van der Waals surface area contributed by atoms with Crippen LogP contribution in [0.2, 0.25) is 0 Å². The van der Waals surface area contributed by atoms with Crippen molar-refractivity contribution in [1.82, 2.24) is 10.3 Å². The Labute approximate surface area is 109 Å². The molecule has 2 heterocycles. The van der Waals surface area contributed by atoms with E-state index in [0.29, 0.717) is 5.56 Å². The van der Waals surface area contributed by atoms with E-state index in [2.05, 4.69) is 10.3 Å². The summed E-state index contributed by atoms with van der Waals surface area (Å²) in [4.78, 5) is 26.3. The van der Waals surface area contributed by atoms with E-state index < -0.39 is 5.97 Å². The number of aromatic carboxylic acids is 1. The van der Waals surface area contributed by atoms with Gasteiger partial charge in [-0.1, -0.05) is 0 Å². The van der Waals surface area contributed by atoms with Crippen molar-refractivity contribution in [3.63, 3.8) is 0 Å². The molecule has 0 spiro atoms. The molecule has 5 nitrogen and oxygen atoms in total. The summed E-state index contributed by atoms with van der Waals surface area (Å²) in [5, 5.41) is 11.7. The van der Waals surface area contributed by atoms with E-state index in [4.69, 9.17) is 5.11 Å². The van der Waals surface area contributed by atoms with E-state index in [9.17, 15) is 9.59 Å². The van der Waals surface area contributed by atoms with Crippen molar-refractivity contribution in [2.24, 2.45) is 0 Å². The Morgan fingerprint density at radius 2 is 2.06 bits per heavy atom. The summed E-state index contributed by atoms with van der Waals surface area (Å²) in [5.74, 6) is 0.866. The fourth-order valence-corrected chi connectivity index (χ4v) is 2.87. The number of hydrogen-bond acceptors (Lipinski definition) is 4. The van der Waals surface area contributed by atoms with Crippen LogP contribution in [0.25, 0.3) is 0 Å². The zero-order valence-corrected chi connectivity index (χ0v) is 10.6. The number of pyridine rings is 1. The summed E-state index contributed by atoms with van der Waals surface area (Å²) >= 11 is 1.90. The minimum absolute atomic E-state index is 0.0550. The van der Waals surface area contributed by atoms with Gasteiger partial charge in [0.05, 0.1) is 5.56 Å². The minimum atomic E-state index is -1.09. The fraction of sp³-hybridized carbons (Fsp3) is 0.417. The lowest BCUT2D eigenvalue weighted by Crippen LogP contribution is -2.37. The zero-order chi connectivity index (χ0) is 13.0. The Morgan fingerprint density at radius 3 is 2.61 bits per heavy atom. The Bertz CT molecular complexity index is 441. The number of carboxylic acids is 1. The summed E-state index contributed by atoms with van der Waals surface area (Å²) in [6, 6.07) is 3.05. The summed E-state index contributed by atoms with van der Waals surface area (Å²) in [7, 11) is 0. The van der Waals surface area contributed by atoms with Gasteiger partial charge in [0.1, 0.15) is 5.69 Å². The number of aromatic nitrogens is 1. The molecule has 1 aliphatic rings. The lowest BCUT2D eigenvalue weighted by Gasteiger charge is -2.22. The van der Waals surface area contributed by atoms with Gasteiger partial charge in [-0.15, -0.1) is 0 Å². The lowest BCUT2D eigenvalue weighted by atomic mass is 10.1. The molecule has 0 saturated carbocycles. The normalized spacial score (nSPS) is 16.2. The van der Waals surface area contributed by atoms with Crippen LogP contribution in [0.4, 0.5) is 0 Å². The quantitative estimate of drug-likeness (QED) is 0.864. The molecular weight excluding hydrogens is 252 g/mol. The van der Waals surface area contributed by atoms with E-state index in [-0.39, 0.29) is 17.6 Å². The predicted octanol–water partition coefficient (Wildman–Crippen LogP) is 1.41. The molecule has 1 fully saturated rings. The van der Waals surface area contributed by atoms with Crippen molar-refractivity contribution in [2.45, 2.75) is 18.9 Å². The highest BCUT2D eigenvalue weighted by atomic mass is 32.2. The maximum Gasteiger partial charge on any atom is 0.354 e. The highest BCUT2D eigenvalue weighted by molar-refractivity contribution is 7.99. The monoisotopic (exact) mass is 266 g/mol. The first-order valence-corrected chi connectivity index (χ1v) is 6.90. The summed E-state index contributed by atoms with van der Waals surface area (Å²) in [6.45, 7) is 0. The van der Waals surface area contributed by atoms with Gasteiger partial charge in [-0.2, -0.15) is 11.8 Å². The molecule has 6 heteroatoms. The predicted molar refractivity (Wildman–Crippen MR) is 69.0 cm³/mol. The van der Waals surface area contributed by atoms with Crippen molar-refractivity contribution >= 4 is 23.6 Å². The summed E-state index contributed by atoms with van der Waals surface area (Å²) < 4.78 is 0. The Morgan fingerprint density at radius 1 is 1.33 bits per heavy atom. The number of carbonyl (C=O) groups excluding carboxylic acids is 1. The van der Waals surface area contributed by atoms with Gasteiger partial charge in [0, 0.05) is 12.2 Å². The second-order valence-electron chi connectivity index (χ2n) is 4.10. The molecule has 0 aromatic carbocycles. The molecule has 96 valence electrons. The maximum atomic E-state index is 11.9. The van der Waals surface area contributed by atoms with E-state index >= 15 is 0 Å². The molecule has 0 atom stereocenters. The molecule has 1 saturated heterocycles. The van der Waals surface area contributed by atoms with Crippen LogP contribution in [0.3, 0.4) is 0 Å². The van der Waals surface area contributed by atoms with Crippen LogP contribution in [0.1, 0.15) is 33.7 Å². The molecule has 1 aliphatic heterocycles. The second kappa shape index (κ2) is 5.86. The topological polar surface area (TPSA) is 79.3 Å². The molecule has 0 radical (unpaired) electrons. The van der Waals surface area contributed by atoms with E-state index in [1.54, 1.807) is 0 Å². The van der Waals surface area contributed by atoms with Gasteiger partial charge >= 0.3 is 5.97 Å². The number of hydrogen-bond donors (Lipinski definition) is 2. The summed E-state index contributed by atoms with van der Waals surface area (Å²) in [6.07, 6.45) is 3.27. The lowest BCUT2D eigenvalue weighted by molar-refractivity contribution is 0.0689. The Kier molecular flexibility index (Phi) is 4.19. The highest BCUT2D eigenvalue weighted by Crippen LogP contribution is 2.17. The van der Waals surface area contributed by atoms with E-state index in [0.717, 1.165) is 24.3 Å². The molecule has 0 aliphatic carbocycles. The van der Waals surface area contributed by atoms with Crippen molar-refractivity contribution in [2.75, 3.05) is 11.5 Å². The third kappa shape index (κ3) is 3.22. The summed E-state index contributed by atoms with van der Waals surface area (Å²) in [5.41, 5.74) is 0.346. The number of rotatable bonds is 3. The van der Waals surface area contributed by atoms with Gasteiger partial charge in [-0.3, -0.25) is 4.79 Å². The maximum absolute atomic E-state index is 11.9. The first-order chi connectivity index (χ1) is 8.66. The largest absolute Gasteiger partial charge is 0.477 e. The SMILES string of the molecule is O=C(NC1CCSCC1)c1ccc(C(=O)O)nc1. The Balaban J connectivity index is 1.97. The van der Waals surface area contributed by atoms with Gasteiger partial charge in [-0.05, 0) is 36.5 Å². The van der Waals surface area contributed by atoms with Crippen LogP contribution < -0.4 is 5.32 Å². The molecule has 0 bridgehead atoms. The van der Waals surface area contributed by atoms with E-state index in [1.807, 2.05) is 11.8 Å². The third-order valence-corrected chi connectivity index (χ3v) is 3.85. The van der Waals surface area contributed by atoms with E-state index in [1.165, 1.54) is 18.3 Å². The van der Waals surface area contributed by atoms with Crippen LogP contribution in [-0.2, 0) is 0 Å². The highest BCUT2D eigenvalue weighted by Gasteiger charge is 2.17. The van der Waals surface area contributed by atoms with Crippen molar-refractivity contribution in [1.29, 1.82) is 0 Å². The molecule has 2 rings (SSSR count). The molecule has 18 heavy (non-hydrogen) atoms. The first-order valence-electron chi connectivity index (χ1n) is 5.75. The van der Waals surface area contributed by atoms with Crippen LogP contribution in [-0.4, -0.2) is 39.5 Å². The molecular formula is C12H14N2O3S. The average Bonchev–Trinajstić information content (AvgIpc) is 2.40. The third-order valence-electron chi connectivity index (χ3n) is 2.80. The smallest absolute Gasteiger partial charge is 0.354 e. The minimum Gasteiger partial charge on any atom is -0.477 e. The number of carbonyl (C=O) groups is 2. The number of carboxylic acid groups (broad SMARTS) is 1. The molecule has 0 unspecified atom stereocenters. The van der Waals surface area contributed by atoms with Crippen molar-refractivity contribution < 1.29 is 14.7 Å². The second-order valence-corrected chi connectivity index (χ2v) is 5.32. The van der Waals surface area contributed by atoms with Crippen molar-refractivity contribution in [3.8, 4) is 0 Å².